The number of ether oxygens (including phenoxy) is 1. The van der Waals surface area contributed by atoms with Gasteiger partial charge in [0.25, 0.3) is 5.91 Å². The summed E-state index contributed by atoms with van der Waals surface area (Å²) in [6.07, 6.45) is 0.142. The number of nitrogens with two attached hydrogens (primary N) is 1. The van der Waals surface area contributed by atoms with E-state index in [-0.39, 0.29) is 36.4 Å². The summed E-state index contributed by atoms with van der Waals surface area (Å²) in [6, 6.07) is 1.42. The lowest BCUT2D eigenvalue weighted by Crippen LogP contribution is -2.26. The normalized spacial score (nSPS) is 9.81. The first-order chi connectivity index (χ1) is 7.63. The second-order valence-electron chi connectivity index (χ2n) is 3.02. The van der Waals surface area contributed by atoms with Gasteiger partial charge in [-0.2, -0.15) is 5.10 Å². The van der Waals surface area contributed by atoms with Crippen LogP contribution >= 0.6 is 0 Å². The molecular formula is C9H14N4O3. The van der Waals surface area contributed by atoms with Gasteiger partial charge in [0.05, 0.1) is 13.0 Å². The van der Waals surface area contributed by atoms with Crippen molar-refractivity contribution in [3.05, 3.63) is 11.8 Å². The van der Waals surface area contributed by atoms with E-state index in [1.54, 1.807) is 6.92 Å². The number of anilines is 1. The van der Waals surface area contributed by atoms with Crippen LogP contribution in [-0.4, -0.2) is 35.2 Å². The minimum absolute atomic E-state index is 0.142. The lowest BCUT2D eigenvalue weighted by molar-refractivity contribution is -0.142. The van der Waals surface area contributed by atoms with Crippen molar-refractivity contribution in [1.82, 2.24) is 15.5 Å². The van der Waals surface area contributed by atoms with Gasteiger partial charge in [-0.05, 0) is 6.92 Å². The molecule has 0 saturated carbocycles. The summed E-state index contributed by atoms with van der Waals surface area (Å²) in [7, 11) is 0. The van der Waals surface area contributed by atoms with E-state index in [0.29, 0.717) is 6.61 Å². The van der Waals surface area contributed by atoms with Crippen molar-refractivity contribution >= 4 is 17.7 Å². The van der Waals surface area contributed by atoms with Gasteiger partial charge < -0.3 is 15.8 Å². The average molecular weight is 226 g/mol. The third kappa shape index (κ3) is 3.60. The van der Waals surface area contributed by atoms with Gasteiger partial charge >= 0.3 is 5.97 Å². The van der Waals surface area contributed by atoms with Gasteiger partial charge in [-0.1, -0.05) is 0 Å². The van der Waals surface area contributed by atoms with Crippen molar-refractivity contribution in [2.75, 3.05) is 18.9 Å². The van der Waals surface area contributed by atoms with Crippen LogP contribution in [-0.2, 0) is 9.53 Å². The first-order valence-electron chi connectivity index (χ1n) is 4.88. The van der Waals surface area contributed by atoms with Crippen molar-refractivity contribution in [3.63, 3.8) is 0 Å². The fourth-order valence-electron chi connectivity index (χ4n) is 1.06. The zero-order valence-electron chi connectivity index (χ0n) is 8.95. The Morgan fingerprint density at radius 3 is 2.94 bits per heavy atom. The van der Waals surface area contributed by atoms with Crippen LogP contribution in [0.25, 0.3) is 0 Å². The van der Waals surface area contributed by atoms with Gasteiger partial charge in [-0.25, -0.2) is 0 Å². The van der Waals surface area contributed by atoms with Crippen molar-refractivity contribution in [1.29, 1.82) is 0 Å². The Morgan fingerprint density at radius 1 is 1.62 bits per heavy atom. The summed E-state index contributed by atoms with van der Waals surface area (Å²) < 4.78 is 4.70. The van der Waals surface area contributed by atoms with Crippen molar-refractivity contribution in [2.45, 2.75) is 13.3 Å². The molecule has 7 heteroatoms. The number of rotatable bonds is 5. The molecule has 0 atom stereocenters. The standard InChI is InChI=1S/C9H14N4O3/c1-2-16-8(14)3-4-11-9(15)6-5-7(10)13-12-6/h5H,2-4H2,1H3,(H,11,15)(H3,10,12,13). The third-order valence-electron chi connectivity index (χ3n) is 1.76. The molecule has 0 aliphatic heterocycles. The molecule has 88 valence electrons. The quantitative estimate of drug-likeness (QED) is 0.596. The fraction of sp³-hybridized carbons (Fsp3) is 0.444. The minimum Gasteiger partial charge on any atom is -0.466 e. The molecule has 0 aliphatic rings. The second-order valence-corrected chi connectivity index (χ2v) is 3.02. The van der Waals surface area contributed by atoms with Crippen LogP contribution in [0.5, 0.6) is 0 Å². The second kappa shape index (κ2) is 5.74. The maximum atomic E-state index is 11.4. The molecule has 0 spiro atoms. The molecule has 1 amide bonds. The van der Waals surface area contributed by atoms with Gasteiger partial charge in [-0.15, -0.1) is 0 Å². The highest BCUT2D eigenvalue weighted by Crippen LogP contribution is 1.99. The van der Waals surface area contributed by atoms with Crippen LogP contribution in [0.4, 0.5) is 5.82 Å². The molecule has 1 aromatic rings. The van der Waals surface area contributed by atoms with Crippen molar-refractivity contribution in [3.8, 4) is 0 Å². The third-order valence-corrected chi connectivity index (χ3v) is 1.76. The number of esters is 1. The molecule has 16 heavy (non-hydrogen) atoms. The number of hydrogen-bond donors (Lipinski definition) is 3. The van der Waals surface area contributed by atoms with Gasteiger partial charge in [0, 0.05) is 12.6 Å². The molecule has 0 radical (unpaired) electrons. The number of carbonyl (C=O) groups excluding carboxylic acids is 2. The highest BCUT2D eigenvalue weighted by atomic mass is 16.5. The first-order valence-corrected chi connectivity index (χ1v) is 4.88. The topological polar surface area (TPSA) is 110 Å². The van der Waals surface area contributed by atoms with Crippen LogP contribution in [0, 0.1) is 0 Å². The van der Waals surface area contributed by atoms with Gasteiger partial charge in [-0.3, -0.25) is 14.7 Å². The number of nitrogens with zero attached hydrogens (tertiary/aromatic N) is 1. The van der Waals surface area contributed by atoms with Crippen LogP contribution in [0.2, 0.25) is 0 Å². The Kier molecular flexibility index (Phi) is 4.31. The van der Waals surface area contributed by atoms with Crippen LogP contribution in [0.15, 0.2) is 6.07 Å². The number of amides is 1. The molecule has 7 nitrogen and oxygen atoms in total. The van der Waals surface area contributed by atoms with Crippen LogP contribution in [0.1, 0.15) is 23.8 Å². The van der Waals surface area contributed by atoms with Gasteiger partial charge in [0.1, 0.15) is 11.5 Å². The molecule has 0 saturated heterocycles. The van der Waals surface area contributed by atoms with E-state index < -0.39 is 0 Å². The minimum atomic E-state index is -0.353. The molecule has 0 aromatic carbocycles. The Morgan fingerprint density at radius 2 is 2.38 bits per heavy atom. The van der Waals surface area contributed by atoms with Crippen molar-refractivity contribution in [2.24, 2.45) is 0 Å². The lowest BCUT2D eigenvalue weighted by Gasteiger charge is -2.03. The van der Waals surface area contributed by atoms with Crippen LogP contribution in [0.3, 0.4) is 0 Å². The predicted octanol–water partition coefficient (Wildman–Crippen LogP) is -0.325. The summed E-state index contributed by atoms with van der Waals surface area (Å²) in [6.45, 7) is 2.28. The molecule has 4 N–H and O–H groups in total. The molecule has 0 aliphatic carbocycles. The number of carbonyl (C=O) groups is 2. The molecular weight excluding hydrogens is 212 g/mol. The Hall–Kier alpha value is -2.05. The Labute approximate surface area is 92.3 Å². The first kappa shape index (κ1) is 12.0. The molecule has 1 heterocycles. The van der Waals surface area contributed by atoms with Crippen LogP contribution < -0.4 is 11.1 Å². The number of nitrogen functional groups attached to an aromatic ring is 1. The number of H-pyrrole nitrogens is 1. The molecule has 0 bridgehead atoms. The zero-order chi connectivity index (χ0) is 12.0. The van der Waals surface area contributed by atoms with Gasteiger partial charge in [0.2, 0.25) is 0 Å². The molecule has 1 rings (SSSR count). The van der Waals surface area contributed by atoms with E-state index in [2.05, 4.69) is 15.5 Å². The van der Waals surface area contributed by atoms with E-state index in [0.717, 1.165) is 0 Å². The summed E-state index contributed by atoms with van der Waals surface area (Å²) in [5.41, 5.74) is 5.60. The van der Waals surface area contributed by atoms with E-state index in [1.165, 1.54) is 6.07 Å². The maximum absolute atomic E-state index is 11.4. The Balaban J connectivity index is 2.28. The smallest absolute Gasteiger partial charge is 0.307 e. The SMILES string of the molecule is CCOC(=O)CCNC(=O)c1cc(N)n[nH]1. The Bertz CT molecular complexity index is 375. The monoisotopic (exact) mass is 226 g/mol. The summed E-state index contributed by atoms with van der Waals surface area (Å²) >= 11 is 0. The van der Waals surface area contributed by atoms with E-state index in [4.69, 9.17) is 10.5 Å². The van der Waals surface area contributed by atoms with Gasteiger partial charge in [0.15, 0.2) is 0 Å². The number of aromatic nitrogens is 2. The summed E-state index contributed by atoms with van der Waals surface area (Å²) in [5.74, 6) is -0.448. The largest absolute Gasteiger partial charge is 0.466 e. The average Bonchev–Trinajstić information content (AvgIpc) is 2.65. The molecule has 0 unspecified atom stereocenters. The number of aromatic amines is 1. The zero-order valence-corrected chi connectivity index (χ0v) is 8.95. The highest BCUT2D eigenvalue weighted by Gasteiger charge is 2.09. The summed E-state index contributed by atoms with van der Waals surface area (Å²) in [5, 5.41) is 8.61. The number of hydrogen-bond acceptors (Lipinski definition) is 5. The van der Waals surface area contributed by atoms with E-state index in [1.807, 2.05) is 0 Å². The van der Waals surface area contributed by atoms with E-state index >= 15 is 0 Å². The van der Waals surface area contributed by atoms with Crippen molar-refractivity contribution < 1.29 is 14.3 Å². The highest BCUT2D eigenvalue weighted by molar-refractivity contribution is 5.93. The van der Waals surface area contributed by atoms with E-state index in [9.17, 15) is 9.59 Å². The predicted molar refractivity (Wildman–Crippen MR) is 56.6 cm³/mol. The number of nitrogens with one attached hydrogen (secondary N) is 2. The summed E-state index contributed by atoms with van der Waals surface area (Å²) in [4.78, 5) is 22.4. The lowest BCUT2D eigenvalue weighted by atomic mass is 10.3. The molecule has 0 fully saturated rings. The maximum Gasteiger partial charge on any atom is 0.307 e. The fourth-order valence-corrected chi connectivity index (χ4v) is 1.06. The molecule has 1 aromatic heterocycles.